The number of para-hydroxylation sites is 1. The van der Waals surface area contributed by atoms with Crippen molar-refractivity contribution in [3.05, 3.63) is 65.7 Å². The van der Waals surface area contributed by atoms with Crippen LogP contribution in [0.2, 0.25) is 0 Å². The lowest BCUT2D eigenvalue weighted by molar-refractivity contribution is 0.101. The van der Waals surface area contributed by atoms with Gasteiger partial charge in [0.2, 0.25) is 11.9 Å². The molecule has 4 N–H and O–H groups in total. The monoisotopic (exact) mass is 387 g/mol. The smallest absolute Gasteiger partial charge is 0.276 e. The van der Waals surface area contributed by atoms with E-state index in [4.69, 9.17) is 0 Å². The third-order valence-corrected chi connectivity index (χ3v) is 4.72. The summed E-state index contributed by atoms with van der Waals surface area (Å²) < 4.78 is 0. The van der Waals surface area contributed by atoms with Gasteiger partial charge in [-0.05, 0) is 37.1 Å². The van der Waals surface area contributed by atoms with Gasteiger partial charge in [0.25, 0.3) is 11.8 Å². The van der Waals surface area contributed by atoms with Gasteiger partial charge < -0.3 is 9.97 Å². The Bertz CT molecular complexity index is 1210. The molecule has 3 heterocycles. The minimum Gasteiger partial charge on any atom is -0.331 e. The van der Waals surface area contributed by atoms with Crippen molar-refractivity contribution >= 4 is 34.7 Å². The summed E-state index contributed by atoms with van der Waals surface area (Å²) in [4.78, 5) is 43.8. The largest absolute Gasteiger partial charge is 0.331 e. The topological polar surface area (TPSA) is 128 Å². The highest BCUT2D eigenvalue weighted by atomic mass is 16.2. The Labute approximate surface area is 165 Å². The molecule has 1 aromatic carbocycles. The lowest BCUT2D eigenvalue weighted by Gasteiger charge is -2.03. The van der Waals surface area contributed by atoms with Crippen LogP contribution in [0.5, 0.6) is 0 Å². The van der Waals surface area contributed by atoms with Gasteiger partial charge in [0.1, 0.15) is 11.2 Å². The van der Waals surface area contributed by atoms with Crippen LogP contribution in [-0.4, -0.2) is 36.7 Å². The first kappa shape index (κ1) is 17.1. The number of aromatic nitrogens is 5. The highest BCUT2D eigenvalue weighted by Crippen LogP contribution is 2.38. The number of fused-ring (bicyclic) bond motifs is 1. The summed E-state index contributed by atoms with van der Waals surface area (Å²) in [5.74, 6) is 0.352. The molecule has 0 radical (unpaired) electrons. The van der Waals surface area contributed by atoms with Crippen LogP contribution in [0.25, 0.3) is 11.0 Å². The van der Waals surface area contributed by atoms with Crippen molar-refractivity contribution in [1.29, 1.82) is 0 Å². The maximum Gasteiger partial charge on any atom is 0.276 e. The Kier molecular flexibility index (Phi) is 4.05. The molecule has 144 valence electrons. The molecular formula is C20H17N7O2. The van der Waals surface area contributed by atoms with Crippen LogP contribution in [0.15, 0.2) is 48.8 Å². The number of nitrogens with one attached hydrogen (secondary N) is 4. The maximum atomic E-state index is 12.6. The molecule has 3 aromatic heterocycles. The molecule has 1 aliphatic rings. The van der Waals surface area contributed by atoms with Gasteiger partial charge in [-0.2, -0.15) is 0 Å². The van der Waals surface area contributed by atoms with Crippen LogP contribution >= 0.6 is 0 Å². The lowest BCUT2D eigenvalue weighted by atomic mass is 10.2. The van der Waals surface area contributed by atoms with E-state index in [0.29, 0.717) is 34.2 Å². The number of anilines is 2. The molecule has 1 fully saturated rings. The minimum atomic E-state index is -0.354. The number of carbonyl (C=O) groups excluding carboxylic acids is 2. The highest BCUT2D eigenvalue weighted by molar-refractivity contribution is 6.11. The first-order valence-electron chi connectivity index (χ1n) is 9.25. The van der Waals surface area contributed by atoms with E-state index in [9.17, 15) is 9.59 Å². The third kappa shape index (κ3) is 3.45. The number of H-pyrrole nitrogens is 2. The van der Waals surface area contributed by atoms with Crippen molar-refractivity contribution in [1.82, 2.24) is 24.9 Å². The van der Waals surface area contributed by atoms with Gasteiger partial charge in [0, 0.05) is 24.0 Å². The number of amides is 2. The van der Waals surface area contributed by atoms with Crippen molar-refractivity contribution in [2.24, 2.45) is 0 Å². The summed E-state index contributed by atoms with van der Waals surface area (Å²) >= 11 is 0. The van der Waals surface area contributed by atoms with Crippen molar-refractivity contribution < 1.29 is 9.59 Å². The van der Waals surface area contributed by atoms with E-state index in [-0.39, 0.29) is 17.8 Å². The molecule has 9 heteroatoms. The predicted octanol–water partition coefficient (Wildman–Crippen LogP) is 3.06. The van der Waals surface area contributed by atoms with E-state index in [1.165, 1.54) is 0 Å². The van der Waals surface area contributed by atoms with Crippen LogP contribution in [0, 0.1) is 0 Å². The molecule has 0 atom stereocenters. The molecule has 0 spiro atoms. The Morgan fingerprint density at radius 2 is 1.79 bits per heavy atom. The van der Waals surface area contributed by atoms with Gasteiger partial charge in [-0.25, -0.2) is 15.0 Å². The highest BCUT2D eigenvalue weighted by Gasteiger charge is 2.25. The van der Waals surface area contributed by atoms with Crippen LogP contribution in [0.1, 0.15) is 45.3 Å². The summed E-state index contributed by atoms with van der Waals surface area (Å²) in [5.41, 5.74) is 2.73. The Balaban J connectivity index is 1.39. The van der Waals surface area contributed by atoms with Gasteiger partial charge in [-0.3, -0.25) is 20.2 Å². The summed E-state index contributed by atoms with van der Waals surface area (Å²) in [6, 6.07) is 10.6. The van der Waals surface area contributed by atoms with Crippen molar-refractivity contribution in [3.63, 3.8) is 0 Å². The van der Waals surface area contributed by atoms with Gasteiger partial charge in [0.15, 0.2) is 0 Å². The van der Waals surface area contributed by atoms with Gasteiger partial charge in [0.05, 0.1) is 11.1 Å². The quantitative estimate of drug-likeness (QED) is 0.418. The summed E-state index contributed by atoms with van der Waals surface area (Å²) in [7, 11) is 0. The number of carbonyl (C=O) groups is 2. The zero-order valence-corrected chi connectivity index (χ0v) is 15.3. The van der Waals surface area contributed by atoms with E-state index in [1.807, 2.05) is 12.1 Å². The fourth-order valence-corrected chi connectivity index (χ4v) is 3.14. The molecule has 4 aromatic rings. The number of aromatic amines is 2. The zero-order chi connectivity index (χ0) is 19.8. The van der Waals surface area contributed by atoms with Crippen LogP contribution in [0.3, 0.4) is 0 Å². The Hall–Kier alpha value is -4.01. The average Bonchev–Trinajstić information content (AvgIpc) is 3.31. The number of pyridine rings is 1. The number of hydrogen-bond donors (Lipinski definition) is 4. The second kappa shape index (κ2) is 6.86. The molecule has 1 aliphatic carbocycles. The SMILES string of the molecule is O=C(Nc1nc2c(C(=O)Nc3ncc[nH]3)cccc2[nH]1)c1cccc(C2CC2)n1. The van der Waals surface area contributed by atoms with Gasteiger partial charge in [-0.1, -0.05) is 12.1 Å². The summed E-state index contributed by atoms with van der Waals surface area (Å²) in [6.45, 7) is 0. The fourth-order valence-electron chi connectivity index (χ4n) is 3.14. The molecule has 0 saturated heterocycles. The zero-order valence-electron chi connectivity index (χ0n) is 15.3. The second-order valence-corrected chi connectivity index (χ2v) is 6.86. The van der Waals surface area contributed by atoms with Crippen molar-refractivity contribution in [2.45, 2.75) is 18.8 Å². The fraction of sp³-hybridized carbons (Fsp3) is 0.150. The molecule has 1 saturated carbocycles. The first-order chi connectivity index (χ1) is 14.2. The van der Waals surface area contributed by atoms with Crippen molar-refractivity contribution in [2.75, 3.05) is 10.6 Å². The molecule has 29 heavy (non-hydrogen) atoms. The number of rotatable bonds is 5. The van der Waals surface area contributed by atoms with E-state index < -0.39 is 0 Å². The Morgan fingerprint density at radius 1 is 0.966 bits per heavy atom. The molecule has 0 bridgehead atoms. The molecular weight excluding hydrogens is 370 g/mol. The maximum absolute atomic E-state index is 12.6. The standard InChI is InChI=1S/C20H17N7O2/c28-17(26-19-21-9-10-22-19)12-3-1-5-14-16(12)25-20(24-14)27-18(29)15-6-2-4-13(23-15)11-7-8-11/h1-6,9-11H,7-8H2,(H2,21,22,26,28)(H2,24,25,27,29). The molecule has 0 unspecified atom stereocenters. The van der Waals surface area contributed by atoms with Crippen molar-refractivity contribution in [3.8, 4) is 0 Å². The van der Waals surface area contributed by atoms with E-state index >= 15 is 0 Å². The molecule has 9 nitrogen and oxygen atoms in total. The van der Waals surface area contributed by atoms with Crippen LogP contribution in [0.4, 0.5) is 11.9 Å². The van der Waals surface area contributed by atoms with E-state index in [1.54, 1.807) is 36.7 Å². The van der Waals surface area contributed by atoms with Crippen LogP contribution in [-0.2, 0) is 0 Å². The van der Waals surface area contributed by atoms with Gasteiger partial charge in [-0.15, -0.1) is 0 Å². The van der Waals surface area contributed by atoms with Crippen LogP contribution < -0.4 is 10.6 Å². The number of hydrogen-bond acceptors (Lipinski definition) is 5. The third-order valence-electron chi connectivity index (χ3n) is 4.72. The Morgan fingerprint density at radius 3 is 2.59 bits per heavy atom. The summed E-state index contributed by atoms with van der Waals surface area (Å²) in [5, 5.41) is 5.40. The summed E-state index contributed by atoms with van der Waals surface area (Å²) in [6.07, 6.45) is 5.39. The van der Waals surface area contributed by atoms with Gasteiger partial charge >= 0.3 is 0 Å². The average molecular weight is 387 g/mol. The lowest BCUT2D eigenvalue weighted by Crippen LogP contribution is -2.15. The van der Waals surface area contributed by atoms with E-state index in [2.05, 4.69) is 35.6 Å². The van der Waals surface area contributed by atoms with E-state index in [0.717, 1.165) is 18.5 Å². The number of imidazole rings is 2. The molecule has 2 amide bonds. The molecule has 5 rings (SSSR count). The minimum absolute atomic E-state index is 0.252. The number of benzene rings is 1. The number of nitrogens with zero attached hydrogens (tertiary/aromatic N) is 3. The normalized spacial score (nSPS) is 13.4. The molecule has 0 aliphatic heterocycles. The predicted molar refractivity (Wildman–Crippen MR) is 107 cm³/mol. The second-order valence-electron chi connectivity index (χ2n) is 6.86. The first-order valence-corrected chi connectivity index (χ1v) is 9.25.